The predicted molar refractivity (Wildman–Crippen MR) is 113 cm³/mol. The van der Waals surface area contributed by atoms with Crippen LogP contribution in [0.15, 0.2) is 53.6 Å². The van der Waals surface area contributed by atoms with Gasteiger partial charge in [-0.3, -0.25) is 9.69 Å². The number of nitrogens with one attached hydrogen (secondary N) is 1. The Morgan fingerprint density at radius 2 is 1.86 bits per heavy atom. The normalized spacial score (nSPS) is 15.6. The fourth-order valence-corrected chi connectivity index (χ4v) is 3.41. The molecular formula is C22H26ClN3O2. The summed E-state index contributed by atoms with van der Waals surface area (Å²) in [5.74, 6) is 0.835. The first-order valence-corrected chi connectivity index (χ1v) is 10.0. The molecule has 1 aliphatic heterocycles. The molecule has 1 aliphatic rings. The lowest BCUT2D eigenvalue weighted by molar-refractivity contribution is -0.126. The Balaban J connectivity index is 1.41. The van der Waals surface area contributed by atoms with Gasteiger partial charge in [-0.1, -0.05) is 23.7 Å². The van der Waals surface area contributed by atoms with Crippen molar-refractivity contribution < 1.29 is 9.53 Å². The van der Waals surface area contributed by atoms with E-state index in [1.165, 1.54) is 5.56 Å². The van der Waals surface area contributed by atoms with E-state index >= 15 is 0 Å². The largest absolute Gasteiger partial charge is 0.494 e. The van der Waals surface area contributed by atoms with Gasteiger partial charge < -0.3 is 4.74 Å². The number of hydrazone groups is 1. The molecule has 1 fully saturated rings. The number of ether oxygens (including phenoxy) is 1. The summed E-state index contributed by atoms with van der Waals surface area (Å²) in [7, 11) is 0. The molecule has 6 heteroatoms. The SMILES string of the molecule is CCOc1ccc(C=NNC(=O)C2CCN(Cc3ccc(Cl)cc3)CC2)cc1. The molecule has 1 saturated heterocycles. The Morgan fingerprint density at radius 1 is 1.18 bits per heavy atom. The van der Waals surface area contributed by atoms with E-state index in [9.17, 15) is 4.79 Å². The first kappa shape index (κ1) is 20.4. The minimum absolute atomic E-state index is 0.00618. The molecule has 5 nitrogen and oxygen atoms in total. The summed E-state index contributed by atoms with van der Waals surface area (Å²) in [6.07, 6.45) is 3.35. The molecule has 148 valence electrons. The number of carbonyl (C=O) groups is 1. The summed E-state index contributed by atoms with van der Waals surface area (Å²) in [5.41, 5.74) is 4.84. The van der Waals surface area contributed by atoms with Gasteiger partial charge in [-0.2, -0.15) is 5.10 Å². The van der Waals surface area contributed by atoms with E-state index in [4.69, 9.17) is 16.3 Å². The first-order valence-electron chi connectivity index (χ1n) is 9.66. The van der Waals surface area contributed by atoms with Crippen LogP contribution in [0.2, 0.25) is 5.02 Å². The zero-order chi connectivity index (χ0) is 19.8. The highest BCUT2D eigenvalue weighted by atomic mass is 35.5. The van der Waals surface area contributed by atoms with Crippen molar-refractivity contribution in [2.75, 3.05) is 19.7 Å². The molecule has 0 bridgehead atoms. The van der Waals surface area contributed by atoms with Crippen LogP contribution in [0, 0.1) is 5.92 Å². The van der Waals surface area contributed by atoms with E-state index in [0.29, 0.717) is 6.61 Å². The van der Waals surface area contributed by atoms with Crippen LogP contribution in [0.5, 0.6) is 5.75 Å². The van der Waals surface area contributed by atoms with E-state index in [0.717, 1.165) is 48.8 Å². The second kappa shape index (κ2) is 10.2. The van der Waals surface area contributed by atoms with Gasteiger partial charge in [0.05, 0.1) is 12.8 Å². The minimum Gasteiger partial charge on any atom is -0.494 e. The van der Waals surface area contributed by atoms with Crippen molar-refractivity contribution in [1.82, 2.24) is 10.3 Å². The summed E-state index contributed by atoms with van der Waals surface area (Å²) < 4.78 is 5.41. The topological polar surface area (TPSA) is 53.9 Å². The zero-order valence-electron chi connectivity index (χ0n) is 16.1. The number of hydrogen-bond donors (Lipinski definition) is 1. The lowest BCUT2D eigenvalue weighted by Gasteiger charge is -2.30. The smallest absolute Gasteiger partial charge is 0.243 e. The molecule has 1 amide bonds. The van der Waals surface area contributed by atoms with Crippen LogP contribution in [0.1, 0.15) is 30.9 Å². The maximum absolute atomic E-state index is 12.4. The van der Waals surface area contributed by atoms with E-state index in [-0.39, 0.29) is 11.8 Å². The summed E-state index contributed by atoms with van der Waals surface area (Å²) in [6.45, 7) is 5.29. The third-order valence-corrected chi connectivity index (χ3v) is 5.11. The van der Waals surface area contributed by atoms with Gasteiger partial charge in [-0.05, 0) is 80.4 Å². The molecule has 0 unspecified atom stereocenters. The molecule has 0 saturated carbocycles. The Hall–Kier alpha value is -2.37. The molecule has 3 rings (SSSR count). The lowest BCUT2D eigenvalue weighted by Crippen LogP contribution is -2.39. The van der Waals surface area contributed by atoms with Crippen LogP contribution in [0.25, 0.3) is 0 Å². The Labute approximate surface area is 171 Å². The van der Waals surface area contributed by atoms with Crippen LogP contribution in [-0.2, 0) is 11.3 Å². The molecular weight excluding hydrogens is 374 g/mol. The van der Waals surface area contributed by atoms with Crippen LogP contribution in [-0.4, -0.2) is 36.7 Å². The third-order valence-electron chi connectivity index (χ3n) is 4.86. The molecule has 0 aliphatic carbocycles. The van der Waals surface area contributed by atoms with Gasteiger partial charge in [0.25, 0.3) is 0 Å². The van der Waals surface area contributed by atoms with Gasteiger partial charge in [0.1, 0.15) is 5.75 Å². The van der Waals surface area contributed by atoms with Crippen molar-refractivity contribution >= 4 is 23.7 Å². The lowest BCUT2D eigenvalue weighted by atomic mass is 9.96. The minimum atomic E-state index is -0.00618. The molecule has 0 aromatic heterocycles. The zero-order valence-corrected chi connectivity index (χ0v) is 16.9. The molecule has 28 heavy (non-hydrogen) atoms. The standard InChI is InChI=1S/C22H26ClN3O2/c1-2-28-21-9-5-17(6-10-21)15-24-25-22(27)19-11-13-26(14-12-19)16-18-3-7-20(23)8-4-18/h3-10,15,19H,2,11-14,16H2,1H3,(H,25,27). The summed E-state index contributed by atoms with van der Waals surface area (Å²) >= 11 is 5.93. The summed E-state index contributed by atoms with van der Waals surface area (Å²) in [5, 5.41) is 4.85. The predicted octanol–water partition coefficient (Wildman–Crippen LogP) is 4.10. The Morgan fingerprint density at radius 3 is 2.50 bits per heavy atom. The van der Waals surface area contributed by atoms with Gasteiger partial charge >= 0.3 is 0 Å². The van der Waals surface area contributed by atoms with Gasteiger partial charge in [0, 0.05) is 17.5 Å². The number of carbonyl (C=O) groups excluding carboxylic acids is 1. The van der Waals surface area contributed by atoms with Crippen molar-refractivity contribution in [2.45, 2.75) is 26.3 Å². The fourth-order valence-electron chi connectivity index (χ4n) is 3.28. The summed E-state index contributed by atoms with van der Waals surface area (Å²) in [4.78, 5) is 14.7. The molecule has 2 aromatic carbocycles. The molecule has 1 heterocycles. The monoisotopic (exact) mass is 399 g/mol. The van der Waals surface area contributed by atoms with Crippen LogP contribution in [0.3, 0.4) is 0 Å². The van der Waals surface area contributed by atoms with Crippen molar-refractivity contribution in [2.24, 2.45) is 11.0 Å². The van der Waals surface area contributed by atoms with Crippen LogP contribution in [0.4, 0.5) is 0 Å². The quantitative estimate of drug-likeness (QED) is 0.563. The van der Waals surface area contributed by atoms with E-state index in [1.54, 1.807) is 6.21 Å². The van der Waals surface area contributed by atoms with Crippen molar-refractivity contribution in [1.29, 1.82) is 0 Å². The number of piperidine rings is 1. The molecule has 1 N–H and O–H groups in total. The highest BCUT2D eigenvalue weighted by Gasteiger charge is 2.24. The number of rotatable bonds is 7. The highest BCUT2D eigenvalue weighted by molar-refractivity contribution is 6.30. The molecule has 0 atom stereocenters. The number of amides is 1. The second-order valence-corrected chi connectivity index (χ2v) is 7.35. The average Bonchev–Trinajstić information content (AvgIpc) is 2.72. The first-order chi connectivity index (χ1) is 13.6. The van der Waals surface area contributed by atoms with E-state index in [2.05, 4.69) is 27.6 Å². The molecule has 0 spiro atoms. The number of halogens is 1. The van der Waals surface area contributed by atoms with Crippen molar-refractivity contribution in [3.05, 3.63) is 64.7 Å². The number of likely N-dealkylation sites (tertiary alicyclic amines) is 1. The van der Waals surface area contributed by atoms with E-state index < -0.39 is 0 Å². The van der Waals surface area contributed by atoms with Crippen LogP contribution >= 0.6 is 11.6 Å². The van der Waals surface area contributed by atoms with E-state index in [1.807, 2.05) is 43.3 Å². The number of benzene rings is 2. The Kier molecular flexibility index (Phi) is 7.46. The average molecular weight is 400 g/mol. The Bertz CT molecular complexity index is 782. The summed E-state index contributed by atoms with van der Waals surface area (Å²) in [6, 6.07) is 15.5. The van der Waals surface area contributed by atoms with Crippen molar-refractivity contribution in [3.8, 4) is 5.75 Å². The number of hydrogen-bond acceptors (Lipinski definition) is 4. The highest BCUT2D eigenvalue weighted by Crippen LogP contribution is 2.20. The molecule has 2 aromatic rings. The second-order valence-electron chi connectivity index (χ2n) is 6.91. The fraction of sp³-hybridized carbons (Fsp3) is 0.364. The number of nitrogens with zero attached hydrogens (tertiary/aromatic N) is 2. The van der Waals surface area contributed by atoms with Gasteiger partial charge in [0.15, 0.2) is 0 Å². The third kappa shape index (κ3) is 6.08. The van der Waals surface area contributed by atoms with Gasteiger partial charge in [0.2, 0.25) is 5.91 Å². The maximum atomic E-state index is 12.4. The van der Waals surface area contributed by atoms with Gasteiger partial charge in [-0.15, -0.1) is 0 Å². The maximum Gasteiger partial charge on any atom is 0.243 e. The van der Waals surface area contributed by atoms with Crippen molar-refractivity contribution in [3.63, 3.8) is 0 Å². The van der Waals surface area contributed by atoms with Crippen LogP contribution < -0.4 is 10.2 Å². The van der Waals surface area contributed by atoms with Gasteiger partial charge in [-0.25, -0.2) is 5.43 Å². The molecule has 0 radical (unpaired) electrons.